The Morgan fingerprint density at radius 1 is 0.880 bits per heavy atom. The summed E-state index contributed by atoms with van der Waals surface area (Å²) in [7, 11) is -4.87. The van der Waals surface area contributed by atoms with Gasteiger partial charge in [-0.3, -0.25) is 48.1 Å². The number of carbonyl (C=O) groups is 8. The molecule has 50 heavy (non-hydrogen) atoms. The van der Waals surface area contributed by atoms with Gasteiger partial charge in [-0.2, -0.15) is 0 Å². The van der Waals surface area contributed by atoms with Gasteiger partial charge in [-0.15, -0.1) is 11.8 Å². The second-order valence-corrected chi connectivity index (χ2v) is 13.7. The molecule has 1 aliphatic heterocycles. The normalized spacial score (nSPS) is 23.2. The fourth-order valence-corrected chi connectivity index (χ4v) is 5.78. The molecule has 0 radical (unpaired) electrons. The van der Waals surface area contributed by atoms with Gasteiger partial charge in [0, 0.05) is 18.6 Å². The number of amides is 7. The number of thioether (sulfide) groups is 1. The van der Waals surface area contributed by atoms with Gasteiger partial charge in [-0.1, -0.05) is 26.0 Å². The molecule has 0 aromatic heterocycles. The minimum atomic E-state index is -4.87. The zero-order valence-electron chi connectivity index (χ0n) is 27.0. The molecular weight excluding hydrogens is 705 g/mol. The van der Waals surface area contributed by atoms with Gasteiger partial charge >= 0.3 is 13.8 Å². The highest BCUT2D eigenvalue weighted by Gasteiger charge is 2.34. The van der Waals surface area contributed by atoms with Gasteiger partial charge in [0.25, 0.3) is 0 Å². The summed E-state index contributed by atoms with van der Waals surface area (Å²) in [5.41, 5.74) is 11.1. The molecule has 0 aliphatic carbocycles. The monoisotopic (exact) mass is 745 g/mol. The smallest absolute Gasteiger partial charge is 0.481 e. The Bertz CT molecular complexity index is 1500. The quantitative estimate of drug-likeness (QED) is 0.0996. The Labute approximate surface area is 289 Å². The van der Waals surface area contributed by atoms with E-state index >= 15 is 0 Å². The fraction of sp³-hybridized carbons (Fsp3) is 0.500. The third-order valence-corrected chi connectivity index (χ3v) is 8.47. The van der Waals surface area contributed by atoms with E-state index in [1.807, 2.05) is 0 Å². The van der Waals surface area contributed by atoms with E-state index in [0.717, 1.165) is 11.8 Å². The number of hydrogen-bond donors (Lipinski definition) is 10. The van der Waals surface area contributed by atoms with Crippen molar-refractivity contribution in [2.24, 2.45) is 17.4 Å². The number of phosphoric ester groups is 1. The first-order valence-electron chi connectivity index (χ1n) is 15.0. The molecule has 5 atom stereocenters. The summed E-state index contributed by atoms with van der Waals surface area (Å²) < 4.78 is 15.7. The summed E-state index contributed by atoms with van der Waals surface area (Å²) in [5.74, 6) is -9.31. The predicted molar refractivity (Wildman–Crippen MR) is 175 cm³/mol. The van der Waals surface area contributed by atoms with E-state index in [1.165, 1.54) is 24.3 Å². The van der Waals surface area contributed by atoms with Crippen LogP contribution in [0.2, 0.25) is 0 Å². The standard InChI is InChI=1S/C28H40N7O13PS/c1-13(2)23-28(44)34-19(24(30)40)11-50-12-21(37)31-17(9-14-3-5-15(6-4-14)48-49(45,46)47)26(42)32-16(7-8-22(38)39)25(41)33-18(10-20(29)36)27(43)35-23/h3-6,13,16-19,23H,7-12H2,1-2H3,(H2,29,36)(H2,30,40)(H,31,37)(H,32,42)(H,33,41)(H,34,44)(H,35,43)(H,38,39)(H2,45,46,47)/t16-,17-,18-,19-,23-/m0/s1. The van der Waals surface area contributed by atoms with Crippen LogP contribution in [0.5, 0.6) is 5.75 Å². The molecule has 1 aromatic carbocycles. The topological polar surface area (TPSA) is 336 Å². The van der Waals surface area contributed by atoms with Crippen molar-refractivity contribution in [1.82, 2.24) is 26.6 Å². The first kappa shape index (κ1) is 41.5. The number of nitrogens with two attached hydrogens (primary N) is 2. The second-order valence-electron chi connectivity index (χ2n) is 11.5. The third-order valence-electron chi connectivity index (χ3n) is 6.98. The van der Waals surface area contributed by atoms with Crippen LogP contribution in [0, 0.1) is 5.92 Å². The molecule has 2 rings (SSSR count). The van der Waals surface area contributed by atoms with Crippen LogP contribution in [0.25, 0.3) is 0 Å². The maximum absolute atomic E-state index is 13.6. The van der Waals surface area contributed by atoms with Crippen molar-refractivity contribution >= 4 is 66.9 Å². The van der Waals surface area contributed by atoms with Crippen molar-refractivity contribution < 1.29 is 62.3 Å². The molecule has 20 nitrogen and oxygen atoms in total. The lowest BCUT2D eigenvalue weighted by molar-refractivity contribution is -0.138. The van der Waals surface area contributed by atoms with Crippen molar-refractivity contribution in [3.63, 3.8) is 0 Å². The van der Waals surface area contributed by atoms with E-state index in [1.54, 1.807) is 13.8 Å². The zero-order chi connectivity index (χ0) is 37.8. The lowest BCUT2D eigenvalue weighted by Crippen LogP contribution is -2.61. The number of hydrogen-bond acceptors (Lipinski definition) is 11. The summed E-state index contributed by atoms with van der Waals surface area (Å²) in [4.78, 5) is 120. The van der Waals surface area contributed by atoms with Gasteiger partial charge < -0.3 is 47.7 Å². The van der Waals surface area contributed by atoms with E-state index in [-0.39, 0.29) is 23.7 Å². The Balaban J connectivity index is 2.52. The Morgan fingerprint density at radius 2 is 1.46 bits per heavy atom. The predicted octanol–water partition coefficient (Wildman–Crippen LogP) is -3.25. The number of aliphatic carboxylic acids is 1. The van der Waals surface area contributed by atoms with E-state index in [0.29, 0.717) is 5.56 Å². The molecule has 1 saturated heterocycles. The Kier molecular flexibility index (Phi) is 15.7. The highest BCUT2D eigenvalue weighted by molar-refractivity contribution is 8.00. The minimum Gasteiger partial charge on any atom is -0.481 e. The highest BCUT2D eigenvalue weighted by Crippen LogP contribution is 2.37. The Hall–Kier alpha value is -4.72. The van der Waals surface area contributed by atoms with Crippen LogP contribution in [-0.2, 0) is 49.3 Å². The summed E-state index contributed by atoms with van der Waals surface area (Å²) >= 11 is 0.872. The lowest BCUT2D eigenvalue weighted by Gasteiger charge is -2.28. The molecule has 7 amide bonds. The number of primary amides is 2. The lowest BCUT2D eigenvalue weighted by atomic mass is 10.0. The number of rotatable bonds is 11. The van der Waals surface area contributed by atoms with E-state index < -0.39 is 111 Å². The van der Waals surface area contributed by atoms with E-state index in [2.05, 4.69) is 31.1 Å². The zero-order valence-corrected chi connectivity index (χ0v) is 28.7. The molecule has 1 heterocycles. The number of phosphoric acid groups is 1. The van der Waals surface area contributed by atoms with Crippen LogP contribution < -0.4 is 42.6 Å². The van der Waals surface area contributed by atoms with Crippen LogP contribution >= 0.6 is 19.6 Å². The average molecular weight is 746 g/mol. The van der Waals surface area contributed by atoms with Crippen molar-refractivity contribution in [2.75, 3.05) is 11.5 Å². The summed E-state index contributed by atoms with van der Waals surface area (Å²) in [6, 6.07) is -2.27. The van der Waals surface area contributed by atoms with Crippen LogP contribution in [0.15, 0.2) is 24.3 Å². The number of nitrogens with one attached hydrogen (secondary N) is 5. The van der Waals surface area contributed by atoms with Crippen LogP contribution in [0.3, 0.4) is 0 Å². The highest BCUT2D eigenvalue weighted by atomic mass is 32.2. The van der Waals surface area contributed by atoms with Gasteiger partial charge in [0.1, 0.15) is 36.0 Å². The SMILES string of the molecule is CC(C)[C@@H]1NC(=O)[C@H](CC(N)=O)NC(=O)[C@H](CCC(=O)O)NC(=O)[C@H](Cc2ccc(OP(=O)(O)O)cc2)NC(=O)CSC[C@@H](C(N)=O)NC1=O. The van der Waals surface area contributed by atoms with E-state index in [4.69, 9.17) is 21.3 Å². The van der Waals surface area contributed by atoms with Crippen molar-refractivity contribution in [3.8, 4) is 5.75 Å². The van der Waals surface area contributed by atoms with Crippen molar-refractivity contribution in [1.29, 1.82) is 0 Å². The first-order valence-corrected chi connectivity index (χ1v) is 17.7. The summed E-state index contributed by atoms with van der Waals surface area (Å²) in [6.45, 7) is 3.13. The molecule has 12 N–H and O–H groups in total. The van der Waals surface area contributed by atoms with E-state index in [9.17, 15) is 48.0 Å². The number of benzene rings is 1. The summed E-state index contributed by atoms with van der Waals surface area (Å²) in [5, 5.41) is 21.2. The van der Waals surface area contributed by atoms with Gasteiger partial charge in [-0.05, 0) is 30.0 Å². The molecule has 0 spiro atoms. The van der Waals surface area contributed by atoms with Gasteiger partial charge in [0.05, 0.1) is 12.2 Å². The molecule has 0 unspecified atom stereocenters. The van der Waals surface area contributed by atoms with Crippen LogP contribution in [0.1, 0.15) is 38.7 Å². The van der Waals surface area contributed by atoms with Gasteiger partial charge in [0.2, 0.25) is 41.4 Å². The largest absolute Gasteiger partial charge is 0.524 e. The first-order chi connectivity index (χ1) is 23.2. The van der Waals surface area contributed by atoms with Crippen molar-refractivity contribution in [3.05, 3.63) is 29.8 Å². The molecule has 1 aromatic rings. The van der Waals surface area contributed by atoms with Gasteiger partial charge in [-0.25, -0.2) is 4.57 Å². The number of carboxylic acids is 1. The number of carboxylic acid groups (broad SMARTS) is 1. The minimum absolute atomic E-state index is 0.192. The fourth-order valence-electron chi connectivity index (χ4n) is 4.51. The molecule has 22 heteroatoms. The molecule has 1 fully saturated rings. The van der Waals surface area contributed by atoms with Crippen molar-refractivity contribution in [2.45, 2.75) is 69.7 Å². The van der Waals surface area contributed by atoms with Crippen LogP contribution in [0.4, 0.5) is 0 Å². The molecule has 0 bridgehead atoms. The third kappa shape index (κ3) is 14.4. The molecular formula is C28H40N7O13PS. The van der Waals surface area contributed by atoms with Gasteiger partial charge in [0.15, 0.2) is 0 Å². The molecule has 1 aliphatic rings. The number of carbonyl (C=O) groups excluding carboxylic acids is 7. The molecule has 0 saturated carbocycles. The molecule has 276 valence electrons. The Morgan fingerprint density at radius 3 is 2.00 bits per heavy atom. The van der Waals surface area contributed by atoms with Crippen LogP contribution in [-0.4, -0.2) is 104 Å². The maximum atomic E-state index is 13.6. The average Bonchev–Trinajstić information content (AvgIpc) is 2.99. The summed E-state index contributed by atoms with van der Waals surface area (Å²) in [6.07, 6.45) is -2.13. The second kappa shape index (κ2) is 18.9. The maximum Gasteiger partial charge on any atom is 0.524 e.